The van der Waals surface area contributed by atoms with Crippen LogP contribution in [0.2, 0.25) is 0 Å². The number of hydrogen-bond donors (Lipinski definition) is 2. The first-order valence-electron chi connectivity index (χ1n) is 5.81. The van der Waals surface area contributed by atoms with Gasteiger partial charge in [-0.3, -0.25) is 4.72 Å². The van der Waals surface area contributed by atoms with Crippen molar-refractivity contribution in [1.29, 1.82) is 0 Å². The van der Waals surface area contributed by atoms with E-state index >= 15 is 0 Å². The van der Waals surface area contributed by atoms with Gasteiger partial charge in [0.15, 0.2) is 0 Å². The lowest BCUT2D eigenvalue weighted by Crippen LogP contribution is -2.34. The maximum atomic E-state index is 13.5. The van der Waals surface area contributed by atoms with E-state index in [1.54, 1.807) is 7.05 Å². The minimum absolute atomic E-state index is 0.0190. The van der Waals surface area contributed by atoms with Gasteiger partial charge < -0.3 is 5.32 Å². The van der Waals surface area contributed by atoms with E-state index in [9.17, 15) is 17.2 Å². The average molecular weight is 372 g/mol. The summed E-state index contributed by atoms with van der Waals surface area (Å²) in [4.78, 5) is 0. The molecule has 0 heterocycles. The summed E-state index contributed by atoms with van der Waals surface area (Å²) in [6.45, 7) is 0.941. The smallest absolute Gasteiger partial charge is 0.301 e. The molecular formula is C11H16BrF2N3O2S. The number of nitrogens with zero attached hydrogens (tertiary/aromatic N) is 1. The Morgan fingerprint density at radius 3 is 2.55 bits per heavy atom. The number of hydrogen-bond acceptors (Lipinski definition) is 3. The first-order valence-corrected chi connectivity index (χ1v) is 8.04. The van der Waals surface area contributed by atoms with Gasteiger partial charge in [0.1, 0.15) is 11.6 Å². The minimum Gasteiger partial charge on any atom is -0.320 e. The molecule has 0 bridgehead atoms. The fourth-order valence-corrected chi connectivity index (χ4v) is 2.72. The van der Waals surface area contributed by atoms with Crippen molar-refractivity contribution in [2.45, 2.75) is 6.42 Å². The van der Waals surface area contributed by atoms with Gasteiger partial charge in [0.2, 0.25) is 0 Å². The van der Waals surface area contributed by atoms with Crippen LogP contribution < -0.4 is 10.0 Å². The van der Waals surface area contributed by atoms with Crippen molar-refractivity contribution < 1.29 is 17.2 Å². The molecular weight excluding hydrogens is 356 g/mol. The van der Waals surface area contributed by atoms with Crippen molar-refractivity contribution in [1.82, 2.24) is 9.62 Å². The van der Waals surface area contributed by atoms with Crippen LogP contribution in [-0.2, 0) is 10.2 Å². The largest absolute Gasteiger partial charge is 0.320 e. The molecule has 0 saturated carbocycles. The van der Waals surface area contributed by atoms with Crippen LogP contribution in [0.1, 0.15) is 6.42 Å². The second-order valence-corrected chi connectivity index (χ2v) is 6.76. The Hall–Kier alpha value is -0.770. The van der Waals surface area contributed by atoms with E-state index < -0.39 is 21.8 Å². The quantitative estimate of drug-likeness (QED) is 0.568. The first-order chi connectivity index (χ1) is 9.27. The number of anilines is 1. The fraction of sp³-hybridized carbons (Fsp3) is 0.455. The highest BCUT2D eigenvalue weighted by Crippen LogP contribution is 2.24. The molecule has 1 aromatic rings. The van der Waals surface area contributed by atoms with E-state index in [4.69, 9.17) is 0 Å². The summed E-state index contributed by atoms with van der Waals surface area (Å²) in [5.74, 6) is -1.77. The van der Waals surface area contributed by atoms with Gasteiger partial charge in [0.05, 0.1) is 10.2 Å². The van der Waals surface area contributed by atoms with Gasteiger partial charge in [-0.2, -0.15) is 12.7 Å². The van der Waals surface area contributed by atoms with Crippen molar-refractivity contribution in [3.63, 3.8) is 0 Å². The fourth-order valence-electron chi connectivity index (χ4n) is 1.42. The monoisotopic (exact) mass is 371 g/mol. The van der Waals surface area contributed by atoms with Crippen molar-refractivity contribution >= 4 is 31.8 Å². The molecule has 20 heavy (non-hydrogen) atoms. The van der Waals surface area contributed by atoms with Gasteiger partial charge in [-0.1, -0.05) is 0 Å². The second kappa shape index (κ2) is 7.30. The van der Waals surface area contributed by atoms with Crippen molar-refractivity contribution in [3.05, 3.63) is 28.2 Å². The molecule has 0 amide bonds. The van der Waals surface area contributed by atoms with Crippen LogP contribution in [0.4, 0.5) is 14.5 Å². The molecule has 9 heteroatoms. The molecule has 0 fully saturated rings. The molecule has 1 aromatic carbocycles. The Bertz CT molecular complexity index is 569. The summed E-state index contributed by atoms with van der Waals surface area (Å²) in [6.07, 6.45) is 0.615. The van der Waals surface area contributed by atoms with Crippen LogP contribution in [0, 0.1) is 11.6 Å². The third-order valence-corrected chi connectivity index (χ3v) is 4.65. The zero-order valence-electron chi connectivity index (χ0n) is 11.1. The summed E-state index contributed by atoms with van der Waals surface area (Å²) < 4.78 is 53.7. The topological polar surface area (TPSA) is 61.4 Å². The number of benzene rings is 1. The molecule has 0 radical (unpaired) electrons. The van der Waals surface area contributed by atoms with Crippen LogP contribution in [-0.4, -0.2) is 39.9 Å². The number of rotatable bonds is 7. The van der Waals surface area contributed by atoms with E-state index in [1.165, 1.54) is 7.05 Å². The number of halogens is 3. The maximum absolute atomic E-state index is 13.5. The molecule has 114 valence electrons. The lowest BCUT2D eigenvalue weighted by molar-refractivity contribution is 0.462. The molecule has 0 aromatic heterocycles. The molecule has 1 rings (SSSR count). The number of nitrogens with one attached hydrogen (secondary N) is 2. The summed E-state index contributed by atoms with van der Waals surface area (Å²) in [6, 6.07) is 1.66. The molecule has 0 spiro atoms. The molecule has 0 aliphatic carbocycles. The van der Waals surface area contributed by atoms with E-state index in [-0.39, 0.29) is 16.7 Å². The Morgan fingerprint density at radius 2 is 1.95 bits per heavy atom. The van der Waals surface area contributed by atoms with Gasteiger partial charge >= 0.3 is 10.2 Å². The highest BCUT2D eigenvalue weighted by atomic mass is 79.9. The normalized spacial score (nSPS) is 11.9. The standard InChI is InChI=1S/C11H16BrF2N3O2S/c1-15-4-3-5-17(2)20(18,19)16-11-6-8(12)9(13)7-10(11)14/h6-7,15-16H,3-5H2,1-2H3. The van der Waals surface area contributed by atoms with Gasteiger partial charge in [-0.05, 0) is 42.0 Å². The Labute approximate surface area is 125 Å². The summed E-state index contributed by atoms with van der Waals surface area (Å²) in [5, 5.41) is 2.90. The van der Waals surface area contributed by atoms with Gasteiger partial charge in [-0.25, -0.2) is 8.78 Å². The van der Waals surface area contributed by atoms with Crippen molar-refractivity contribution in [3.8, 4) is 0 Å². The van der Waals surface area contributed by atoms with E-state index in [0.717, 1.165) is 10.4 Å². The van der Waals surface area contributed by atoms with Gasteiger partial charge in [0, 0.05) is 19.7 Å². The summed E-state index contributed by atoms with van der Waals surface area (Å²) in [5.41, 5.74) is -0.307. The average Bonchev–Trinajstić information content (AvgIpc) is 2.35. The van der Waals surface area contributed by atoms with Crippen LogP contribution in [0.25, 0.3) is 0 Å². The zero-order valence-corrected chi connectivity index (χ0v) is 13.5. The third-order valence-electron chi connectivity index (χ3n) is 2.56. The molecule has 0 unspecified atom stereocenters. The van der Waals surface area contributed by atoms with E-state index in [2.05, 4.69) is 26.0 Å². The highest BCUT2D eigenvalue weighted by Gasteiger charge is 2.19. The molecule has 2 N–H and O–H groups in total. The SMILES string of the molecule is CNCCCN(C)S(=O)(=O)Nc1cc(Br)c(F)cc1F. The van der Waals surface area contributed by atoms with Crippen LogP contribution >= 0.6 is 15.9 Å². The Morgan fingerprint density at radius 1 is 1.30 bits per heavy atom. The molecule has 0 atom stereocenters. The van der Waals surface area contributed by atoms with Crippen LogP contribution in [0.15, 0.2) is 16.6 Å². The molecule has 5 nitrogen and oxygen atoms in total. The summed E-state index contributed by atoms with van der Waals surface area (Å²) >= 11 is 2.88. The highest BCUT2D eigenvalue weighted by molar-refractivity contribution is 9.10. The van der Waals surface area contributed by atoms with Crippen LogP contribution in [0.3, 0.4) is 0 Å². The predicted octanol–water partition coefficient (Wildman–Crippen LogP) is 1.93. The third kappa shape index (κ3) is 4.65. The predicted molar refractivity (Wildman–Crippen MR) is 77.8 cm³/mol. The maximum Gasteiger partial charge on any atom is 0.301 e. The minimum atomic E-state index is -3.87. The Kier molecular flexibility index (Phi) is 6.31. The Balaban J connectivity index is 2.83. The van der Waals surface area contributed by atoms with E-state index in [1.807, 2.05) is 0 Å². The molecule has 0 aliphatic rings. The van der Waals surface area contributed by atoms with Crippen molar-refractivity contribution in [2.24, 2.45) is 0 Å². The van der Waals surface area contributed by atoms with Gasteiger partial charge in [0.25, 0.3) is 0 Å². The first kappa shape index (κ1) is 17.3. The summed E-state index contributed by atoms with van der Waals surface area (Å²) in [7, 11) is -0.728. The molecule has 0 aliphatic heterocycles. The lowest BCUT2D eigenvalue weighted by Gasteiger charge is -2.18. The zero-order chi connectivity index (χ0) is 15.3. The van der Waals surface area contributed by atoms with Gasteiger partial charge in [-0.15, -0.1) is 0 Å². The van der Waals surface area contributed by atoms with Crippen molar-refractivity contribution in [2.75, 3.05) is 31.9 Å². The van der Waals surface area contributed by atoms with Crippen LogP contribution in [0.5, 0.6) is 0 Å². The second-order valence-electron chi connectivity index (χ2n) is 4.13. The molecule has 0 saturated heterocycles. The van der Waals surface area contributed by atoms with E-state index in [0.29, 0.717) is 19.0 Å². The lowest BCUT2D eigenvalue weighted by atomic mass is 10.3.